The Morgan fingerprint density at radius 2 is 1.04 bits per heavy atom. The number of hydrogen-bond acceptors (Lipinski definition) is 3. The van der Waals surface area contributed by atoms with Gasteiger partial charge in [-0.25, -0.2) is 4.79 Å². The molecular formula is C24H50O3Si. The minimum atomic E-state index is -1.71. The van der Waals surface area contributed by atoms with Crippen molar-refractivity contribution >= 4 is 14.3 Å². The van der Waals surface area contributed by atoms with Gasteiger partial charge >= 0.3 is 5.97 Å². The van der Waals surface area contributed by atoms with Crippen LogP contribution in [0.25, 0.3) is 0 Å². The normalized spacial score (nSPS) is 12.9. The van der Waals surface area contributed by atoms with Gasteiger partial charge in [0.15, 0.2) is 8.32 Å². The largest absolute Gasteiger partial charge is 0.467 e. The Labute approximate surface area is 177 Å². The minimum Gasteiger partial charge on any atom is -0.467 e. The highest BCUT2D eigenvalue weighted by atomic mass is 28.4. The minimum absolute atomic E-state index is 0.205. The van der Waals surface area contributed by atoms with E-state index in [1.165, 1.54) is 103 Å². The van der Waals surface area contributed by atoms with Crippen LogP contribution >= 0.6 is 0 Å². The number of rotatable bonds is 20. The smallest absolute Gasteiger partial charge is 0.333 e. The first-order chi connectivity index (χ1) is 13.4. The van der Waals surface area contributed by atoms with Gasteiger partial charge in [0, 0.05) is 0 Å². The van der Waals surface area contributed by atoms with Gasteiger partial charge in [-0.1, -0.05) is 110 Å². The summed E-state index contributed by atoms with van der Waals surface area (Å²) in [6.07, 6.45) is 22.3. The highest BCUT2D eigenvalue weighted by molar-refractivity contribution is 6.69. The van der Waals surface area contributed by atoms with Crippen LogP contribution in [-0.4, -0.2) is 27.5 Å². The standard InChI is InChI=1S/C24H50O3Si/c1-6-7-8-9-10-11-12-13-14-15-16-17-18-19-20-21-22-23(24(25)26-2)27-28(3,4)5/h23H,6-22H2,1-5H3. The molecule has 28 heavy (non-hydrogen) atoms. The van der Waals surface area contributed by atoms with Gasteiger partial charge in [-0.2, -0.15) is 0 Å². The van der Waals surface area contributed by atoms with Crippen LogP contribution in [-0.2, 0) is 14.0 Å². The maximum absolute atomic E-state index is 11.9. The van der Waals surface area contributed by atoms with Crippen molar-refractivity contribution < 1.29 is 14.0 Å². The molecule has 0 N–H and O–H groups in total. The molecule has 4 heteroatoms. The van der Waals surface area contributed by atoms with Crippen molar-refractivity contribution in [1.82, 2.24) is 0 Å². The summed E-state index contributed by atoms with van der Waals surface area (Å²) in [4.78, 5) is 11.9. The van der Waals surface area contributed by atoms with E-state index in [4.69, 9.17) is 9.16 Å². The number of esters is 1. The summed E-state index contributed by atoms with van der Waals surface area (Å²) in [5.41, 5.74) is 0. The van der Waals surface area contributed by atoms with Crippen molar-refractivity contribution in [3.63, 3.8) is 0 Å². The fourth-order valence-corrected chi connectivity index (χ4v) is 4.73. The van der Waals surface area contributed by atoms with Crippen LogP contribution < -0.4 is 0 Å². The molecule has 0 bridgehead atoms. The van der Waals surface area contributed by atoms with Crippen molar-refractivity contribution in [2.24, 2.45) is 0 Å². The average Bonchev–Trinajstić information content (AvgIpc) is 2.65. The highest BCUT2D eigenvalue weighted by Crippen LogP contribution is 2.17. The zero-order valence-electron chi connectivity index (χ0n) is 19.8. The first kappa shape index (κ1) is 27.6. The van der Waals surface area contributed by atoms with Gasteiger partial charge < -0.3 is 9.16 Å². The summed E-state index contributed by atoms with van der Waals surface area (Å²) >= 11 is 0. The molecule has 1 unspecified atom stereocenters. The third kappa shape index (κ3) is 19.0. The lowest BCUT2D eigenvalue weighted by Gasteiger charge is -2.24. The topological polar surface area (TPSA) is 35.5 Å². The predicted molar refractivity (Wildman–Crippen MR) is 124 cm³/mol. The number of methoxy groups -OCH3 is 1. The van der Waals surface area contributed by atoms with Crippen LogP contribution in [0.15, 0.2) is 0 Å². The van der Waals surface area contributed by atoms with Crippen molar-refractivity contribution in [3.8, 4) is 0 Å². The first-order valence-electron chi connectivity index (χ1n) is 12.2. The summed E-state index contributed by atoms with van der Waals surface area (Å²) in [6.45, 7) is 8.65. The Hall–Kier alpha value is -0.353. The van der Waals surface area contributed by atoms with E-state index in [2.05, 4.69) is 26.6 Å². The first-order valence-corrected chi connectivity index (χ1v) is 15.6. The zero-order chi connectivity index (χ0) is 21.1. The predicted octanol–water partition coefficient (Wildman–Crippen LogP) is 8.03. The molecular weight excluding hydrogens is 364 g/mol. The number of carbonyl (C=O) groups excluding carboxylic acids is 1. The van der Waals surface area contributed by atoms with Crippen LogP contribution in [0.3, 0.4) is 0 Å². The van der Waals surface area contributed by atoms with E-state index in [1.54, 1.807) is 0 Å². The lowest BCUT2D eigenvalue weighted by Crippen LogP contribution is -2.37. The van der Waals surface area contributed by atoms with Crippen LogP contribution in [0.5, 0.6) is 0 Å². The molecule has 0 saturated carbocycles. The lowest BCUT2D eigenvalue weighted by molar-refractivity contribution is -0.149. The van der Waals surface area contributed by atoms with Crippen LogP contribution in [0.2, 0.25) is 19.6 Å². The molecule has 0 saturated heterocycles. The molecule has 0 aliphatic rings. The average molecular weight is 415 g/mol. The second-order valence-electron chi connectivity index (χ2n) is 9.33. The van der Waals surface area contributed by atoms with Gasteiger partial charge in [0.05, 0.1) is 7.11 Å². The summed E-state index contributed by atoms with van der Waals surface area (Å²) in [5, 5.41) is 0. The SMILES string of the molecule is CCCCCCCCCCCCCCCCCCC(O[Si](C)(C)C)C(=O)OC. The van der Waals surface area contributed by atoms with Crippen molar-refractivity contribution in [2.45, 2.75) is 142 Å². The molecule has 0 aromatic rings. The summed E-state index contributed by atoms with van der Waals surface area (Å²) in [7, 11) is -0.256. The number of unbranched alkanes of at least 4 members (excludes halogenated alkanes) is 15. The van der Waals surface area contributed by atoms with E-state index < -0.39 is 8.32 Å². The Kier molecular flexibility index (Phi) is 18.4. The second kappa shape index (κ2) is 18.7. The van der Waals surface area contributed by atoms with Crippen molar-refractivity contribution in [3.05, 3.63) is 0 Å². The molecule has 1 atom stereocenters. The maximum Gasteiger partial charge on any atom is 0.333 e. The fraction of sp³-hybridized carbons (Fsp3) is 0.958. The molecule has 3 nitrogen and oxygen atoms in total. The summed E-state index contributed by atoms with van der Waals surface area (Å²) in [5.74, 6) is -0.205. The Bertz CT molecular complexity index is 352. The van der Waals surface area contributed by atoms with Crippen LogP contribution in [0.1, 0.15) is 116 Å². The van der Waals surface area contributed by atoms with E-state index in [1.807, 2.05) is 0 Å². The quantitative estimate of drug-likeness (QED) is 0.115. The maximum atomic E-state index is 11.9. The molecule has 0 rings (SSSR count). The summed E-state index contributed by atoms with van der Waals surface area (Å²) < 4.78 is 10.9. The molecule has 0 fully saturated rings. The van der Waals surface area contributed by atoms with Crippen molar-refractivity contribution in [1.29, 1.82) is 0 Å². The number of ether oxygens (including phenoxy) is 1. The fourth-order valence-electron chi connectivity index (χ4n) is 3.66. The lowest BCUT2D eigenvalue weighted by atomic mass is 10.0. The van der Waals surface area contributed by atoms with E-state index in [0.717, 1.165) is 12.8 Å². The molecule has 0 aromatic heterocycles. The van der Waals surface area contributed by atoms with E-state index in [0.29, 0.717) is 0 Å². The van der Waals surface area contributed by atoms with Gasteiger partial charge in [0.1, 0.15) is 6.10 Å². The highest BCUT2D eigenvalue weighted by Gasteiger charge is 2.26. The van der Waals surface area contributed by atoms with Crippen LogP contribution in [0.4, 0.5) is 0 Å². The molecule has 0 aliphatic carbocycles. The van der Waals surface area contributed by atoms with Gasteiger partial charge in [0.2, 0.25) is 0 Å². The van der Waals surface area contributed by atoms with Gasteiger partial charge in [0.25, 0.3) is 0 Å². The van der Waals surface area contributed by atoms with E-state index >= 15 is 0 Å². The number of carbonyl (C=O) groups is 1. The van der Waals surface area contributed by atoms with E-state index in [-0.39, 0.29) is 12.1 Å². The van der Waals surface area contributed by atoms with Crippen molar-refractivity contribution in [2.75, 3.05) is 7.11 Å². The third-order valence-corrected chi connectivity index (χ3v) is 6.27. The molecule has 0 amide bonds. The summed E-state index contributed by atoms with van der Waals surface area (Å²) in [6, 6.07) is 0. The van der Waals surface area contributed by atoms with Gasteiger partial charge in [-0.15, -0.1) is 0 Å². The molecule has 0 aliphatic heterocycles. The molecule has 0 heterocycles. The molecule has 168 valence electrons. The van der Waals surface area contributed by atoms with Gasteiger partial charge in [-0.3, -0.25) is 0 Å². The molecule has 0 spiro atoms. The van der Waals surface area contributed by atoms with Crippen LogP contribution in [0, 0.1) is 0 Å². The Balaban J connectivity index is 3.43. The zero-order valence-corrected chi connectivity index (χ0v) is 20.8. The number of hydrogen-bond donors (Lipinski definition) is 0. The van der Waals surface area contributed by atoms with E-state index in [9.17, 15) is 4.79 Å². The molecule has 0 aromatic carbocycles. The monoisotopic (exact) mass is 414 g/mol. The van der Waals surface area contributed by atoms with Gasteiger partial charge in [-0.05, 0) is 26.1 Å². The Morgan fingerprint density at radius 1 is 0.679 bits per heavy atom. The third-order valence-electron chi connectivity index (χ3n) is 5.28. The molecule has 0 radical (unpaired) electrons. The second-order valence-corrected chi connectivity index (χ2v) is 13.8. The Morgan fingerprint density at radius 3 is 1.36 bits per heavy atom.